The monoisotopic (exact) mass is 488 g/mol. The highest BCUT2D eigenvalue weighted by Gasteiger charge is 2.44. The number of aromatic nitrogens is 4. The molecular weight excluding hydrogens is 456 g/mol. The summed E-state index contributed by atoms with van der Waals surface area (Å²) >= 11 is 6.09. The van der Waals surface area contributed by atoms with Gasteiger partial charge >= 0.3 is 5.69 Å². The molecule has 8 nitrogen and oxygen atoms in total. The van der Waals surface area contributed by atoms with Gasteiger partial charge in [0.15, 0.2) is 11.2 Å². The Balaban J connectivity index is 1.98. The number of benzene rings is 1. The molecule has 2 aromatic heterocycles. The van der Waals surface area contributed by atoms with Gasteiger partial charge in [0.1, 0.15) is 11.4 Å². The molecule has 1 aliphatic carbocycles. The topological polar surface area (TPSA) is 91.3 Å². The Morgan fingerprint density at radius 1 is 1.09 bits per heavy atom. The third-order valence-electron chi connectivity index (χ3n) is 7.24. The lowest BCUT2D eigenvalue weighted by atomic mass is 9.70. The van der Waals surface area contributed by atoms with Crippen LogP contribution in [-0.4, -0.2) is 37.5 Å². The van der Waals surface area contributed by atoms with E-state index in [1.807, 2.05) is 28.8 Å². The van der Waals surface area contributed by atoms with Crippen molar-refractivity contribution >= 4 is 22.8 Å². The van der Waals surface area contributed by atoms with E-state index in [9.17, 15) is 14.7 Å². The van der Waals surface area contributed by atoms with Crippen LogP contribution in [0.5, 0.6) is 0 Å². The van der Waals surface area contributed by atoms with Gasteiger partial charge in [0, 0.05) is 38.9 Å². The van der Waals surface area contributed by atoms with Crippen LogP contribution in [0, 0.1) is 5.41 Å². The number of fused-ring (bicyclic) bond motifs is 1. The molecule has 184 valence electrons. The number of hydrogen-bond donors (Lipinski definition) is 1. The molecule has 0 aliphatic heterocycles. The fourth-order valence-corrected chi connectivity index (χ4v) is 5.05. The molecule has 1 aromatic carbocycles. The predicted octanol–water partition coefficient (Wildman–Crippen LogP) is 3.42. The Bertz CT molecular complexity index is 1290. The van der Waals surface area contributed by atoms with E-state index in [0.29, 0.717) is 35.0 Å². The van der Waals surface area contributed by atoms with Crippen molar-refractivity contribution in [3.05, 3.63) is 61.5 Å². The molecule has 0 unspecified atom stereocenters. The van der Waals surface area contributed by atoms with Crippen LogP contribution in [0.2, 0.25) is 5.02 Å². The molecule has 1 fully saturated rings. The van der Waals surface area contributed by atoms with Crippen LogP contribution in [-0.2, 0) is 30.5 Å². The molecule has 1 aliphatic rings. The van der Waals surface area contributed by atoms with E-state index in [-0.39, 0.29) is 18.6 Å². The number of ether oxygens (including phenoxy) is 1. The van der Waals surface area contributed by atoms with Crippen LogP contribution in [0.4, 0.5) is 0 Å². The maximum absolute atomic E-state index is 13.6. The Morgan fingerprint density at radius 2 is 1.74 bits per heavy atom. The lowest BCUT2D eigenvalue weighted by Crippen LogP contribution is -2.40. The number of hydrogen-bond acceptors (Lipinski definition) is 5. The number of aliphatic hydroxyl groups is 1. The van der Waals surface area contributed by atoms with Crippen molar-refractivity contribution in [2.45, 2.75) is 64.6 Å². The molecule has 0 bridgehead atoms. The third-order valence-corrected chi connectivity index (χ3v) is 7.49. The molecule has 34 heavy (non-hydrogen) atoms. The molecule has 0 saturated heterocycles. The second-order valence-corrected chi connectivity index (χ2v) is 10.5. The van der Waals surface area contributed by atoms with Crippen molar-refractivity contribution in [1.82, 2.24) is 18.7 Å². The van der Waals surface area contributed by atoms with Crippen molar-refractivity contribution < 1.29 is 9.84 Å². The molecule has 3 aromatic rings. The minimum atomic E-state index is -0.653. The fourth-order valence-electron chi connectivity index (χ4n) is 4.92. The van der Waals surface area contributed by atoms with E-state index in [2.05, 4.69) is 13.8 Å². The number of aliphatic hydroxyl groups excluding tert-OH is 1. The third kappa shape index (κ3) is 4.34. The molecule has 0 radical (unpaired) electrons. The molecule has 1 N–H and O–H groups in total. The number of nitrogens with zero attached hydrogens (tertiary/aromatic N) is 4. The molecule has 2 heterocycles. The van der Waals surface area contributed by atoms with E-state index in [1.165, 1.54) is 9.13 Å². The van der Waals surface area contributed by atoms with Crippen LogP contribution in [0.3, 0.4) is 0 Å². The molecule has 0 atom stereocenters. The second kappa shape index (κ2) is 9.32. The summed E-state index contributed by atoms with van der Waals surface area (Å²) in [6.07, 6.45) is 3.78. The van der Waals surface area contributed by atoms with Gasteiger partial charge in [-0.05, 0) is 55.2 Å². The van der Waals surface area contributed by atoms with Crippen molar-refractivity contribution in [3.8, 4) is 0 Å². The molecule has 1 saturated carbocycles. The van der Waals surface area contributed by atoms with Gasteiger partial charge in [-0.1, -0.05) is 37.6 Å². The number of aryl methyl sites for hydroxylation is 1. The van der Waals surface area contributed by atoms with Crippen LogP contribution >= 0.6 is 11.6 Å². The summed E-state index contributed by atoms with van der Waals surface area (Å²) in [5, 5.41) is 9.91. The zero-order valence-corrected chi connectivity index (χ0v) is 21.1. The van der Waals surface area contributed by atoms with Crippen molar-refractivity contribution in [2.75, 3.05) is 13.7 Å². The first-order chi connectivity index (χ1) is 16.1. The average Bonchev–Trinajstić information content (AvgIpc) is 3.19. The lowest BCUT2D eigenvalue weighted by Gasteiger charge is -2.42. The highest BCUT2D eigenvalue weighted by atomic mass is 35.5. The molecule has 9 heteroatoms. The van der Waals surface area contributed by atoms with E-state index in [4.69, 9.17) is 21.3 Å². The number of imidazole rings is 1. The zero-order valence-electron chi connectivity index (χ0n) is 20.3. The van der Waals surface area contributed by atoms with Crippen LogP contribution in [0.1, 0.15) is 57.3 Å². The summed E-state index contributed by atoms with van der Waals surface area (Å²) in [4.78, 5) is 31.5. The summed E-state index contributed by atoms with van der Waals surface area (Å²) in [6, 6.07) is 7.49. The summed E-state index contributed by atoms with van der Waals surface area (Å²) in [5.41, 5.74) is 0.388. The van der Waals surface area contributed by atoms with E-state index in [1.54, 1.807) is 14.2 Å². The molecular formula is C25H33ClN4O4. The Morgan fingerprint density at radius 3 is 2.32 bits per heavy atom. The van der Waals surface area contributed by atoms with E-state index < -0.39 is 16.9 Å². The van der Waals surface area contributed by atoms with Gasteiger partial charge in [0.05, 0.1) is 0 Å². The van der Waals surface area contributed by atoms with Gasteiger partial charge in [-0.15, -0.1) is 0 Å². The maximum Gasteiger partial charge on any atom is 0.332 e. The quantitative estimate of drug-likeness (QED) is 0.550. The summed E-state index contributed by atoms with van der Waals surface area (Å²) in [6.45, 7) is 4.94. The first-order valence-corrected chi connectivity index (χ1v) is 12.1. The smallest absolute Gasteiger partial charge is 0.332 e. The highest BCUT2D eigenvalue weighted by molar-refractivity contribution is 6.30. The van der Waals surface area contributed by atoms with Crippen molar-refractivity contribution in [1.29, 1.82) is 0 Å². The average molecular weight is 489 g/mol. The predicted molar refractivity (Wildman–Crippen MR) is 132 cm³/mol. The summed E-state index contributed by atoms with van der Waals surface area (Å²) < 4.78 is 10.7. The first-order valence-electron chi connectivity index (χ1n) is 11.7. The molecule has 0 amide bonds. The van der Waals surface area contributed by atoms with Gasteiger partial charge < -0.3 is 14.4 Å². The minimum Gasteiger partial charge on any atom is -0.396 e. The Kier molecular flexibility index (Phi) is 6.77. The van der Waals surface area contributed by atoms with Crippen molar-refractivity contribution in [2.24, 2.45) is 12.5 Å². The van der Waals surface area contributed by atoms with E-state index in [0.717, 1.165) is 31.2 Å². The SMILES string of the molecule is COC1(c2nc3c(c(=O)n(CCCO)c(=O)n3C)n2Cc2ccc(Cl)cc2)CCC(C)(C)CC1. The largest absolute Gasteiger partial charge is 0.396 e. The highest BCUT2D eigenvalue weighted by Crippen LogP contribution is 2.47. The molecule has 4 rings (SSSR count). The maximum atomic E-state index is 13.6. The fraction of sp³-hybridized carbons (Fsp3) is 0.560. The second-order valence-electron chi connectivity index (χ2n) is 10.1. The summed E-state index contributed by atoms with van der Waals surface area (Å²) in [7, 11) is 3.33. The minimum absolute atomic E-state index is 0.106. The molecule has 0 spiro atoms. The van der Waals surface area contributed by atoms with Gasteiger partial charge in [0.2, 0.25) is 0 Å². The number of methoxy groups -OCH3 is 1. The Labute approximate surface area is 203 Å². The Hall–Kier alpha value is -2.42. The van der Waals surface area contributed by atoms with Crippen LogP contribution in [0.25, 0.3) is 11.2 Å². The number of halogens is 1. The van der Waals surface area contributed by atoms with Crippen LogP contribution < -0.4 is 11.2 Å². The van der Waals surface area contributed by atoms with Crippen LogP contribution in [0.15, 0.2) is 33.9 Å². The first kappa shape index (κ1) is 24.7. The van der Waals surface area contributed by atoms with Gasteiger partial charge in [-0.2, -0.15) is 0 Å². The van der Waals surface area contributed by atoms with Gasteiger partial charge in [-0.25, -0.2) is 9.78 Å². The lowest BCUT2D eigenvalue weighted by molar-refractivity contribution is -0.0746. The van der Waals surface area contributed by atoms with Gasteiger partial charge in [-0.3, -0.25) is 13.9 Å². The normalized spacial score (nSPS) is 17.4. The summed E-state index contributed by atoms with van der Waals surface area (Å²) in [5.74, 6) is 0.669. The van der Waals surface area contributed by atoms with E-state index >= 15 is 0 Å². The number of rotatable bonds is 7. The zero-order chi connectivity index (χ0) is 24.7. The van der Waals surface area contributed by atoms with Gasteiger partial charge in [0.25, 0.3) is 5.56 Å². The standard InChI is InChI=1S/C25H33ClN4O4/c1-24(2)10-12-25(34-4,13-11-24)22-27-20-19(30(22)16-17-6-8-18(26)9-7-17)21(32)29(14-5-15-31)23(33)28(20)3/h6-9,31H,5,10-16H2,1-4H3. The van der Waals surface area contributed by atoms with Crippen molar-refractivity contribution in [3.63, 3.8) is 0 Å².